The highest BCUT2D eigenvalue weighted by atomic mass is 16.5. The van der Waals surface area contributed by atoms with Crippen molar-refractivity contribution in [2.75, 3.05) is 0 Å². The molecule has 3 nitrogen and oxygen atoms in total. The Kier molecular flexibility index (Phi) is 23.2. The number of rotatable bonds is 24. The van der Waals surface area contributed by atoms with E-state index in [4.69, 9.17) is 10.5 Å². The zero-order valence-corrected chi connectivity index (χ0v) is 22.5. The molecule has 0 bridgehead atoms. The fourth-order valence-corrected chi connectivity index (χ4v) is 4.32. The molecule has 32 heavy (non-hydrogen) atoms. The van der Waals surface area contributed by atoms with E-state index in [1.54, 1.807) is 0 Å². The molecule has 0 aliphatic rings. The fraction of sp³-hybridized carbons (Fsp3) is 0.966. The first-order valence-corrected chi connectivity index (χ1v) is 14.5. The molecule has 3 heteroatoms. The Hall–Kier alpha value is -0.570. The van der Waals surface area contributed by atoms with Crippen LogP contribution in [-0.4, -0.2) is 18.1 Å². The number of carbonyl (C=O) groups excluding carboxylic acids is 1. The Morgan fingerprint density at radius 2 is 0.906 bits per heavy atom. The zero-order chi connectivity index (χ0) is 23.9. The SMILES string of the molecule is CCCCCCCCCCCCCC(CCCCCCCCCC)OC(=O)[C@@H](N)C(C)C. The van der Waals surface area contributed by atoms with Gasteiger partial charge in [0, 0.05) is 0 Å². The highest BCUT2D eigenvalue weighted by Gasteiger charge is 2.22. The van der Waals surface area contributed by atoms with E-state index >= 15 is 0 Å². The van der Waals surface area contributed by atoms with Gasteiger partial charge in [-0.25, -0.2) is 0 Å². The number of ether oxygens (including phenoxy) is 1. The van der Waals surface area contributed by atoms with Crippen molar-refractivity contribution >= 4 is 5.97 Å². The zero-order valence-electron chi connectivity index (χ0n) is 22.5. The Labute approximate surface area is 202 Å². The van der Waals surface area contributed by atoms with Gasteiger partial charge in [0.15, 0.2) is 0 Å². The Morgan fingerprint density at radius 1 is 0.594 bits per heavy atom. The molecule has 0 saturated heterocycles. The van der Waals surface area contributed by atoms with E-state index in [2.05, 4.69) is 13.8 Å². The summed E-state index contributed by atoms with van der Waals surface area (Å²) in [4.78, 5) is 12.4. The molecule has 0 aliphatic heterocycles. The van der Waals surface area contributed by atoms with E-state index in [1.165, 1.54) is 122 Å². The molecule has 0 spiro atoms. The number of hydrogen-bond acceptors (Lipinski definition) is 3. The van der Waals surface area contributed by atoms with Crippen molar-refractivity contribution < 1.29 is 9.53 Å². The van der Waals surface area contributed by atoms with E-state index < -0.39 is 6.04 Å². The van der Waals surface area contributed by atoms with Gasteiger partial charge in [0.05, 0.1) is 0 Å². The third-order valence-electron chi connectivity index (χ3n) is 6.78. The molecule has 2 N–H and O–H groups in total. The van der Waals surface area contributed by atoms with Gasteiger partial charge in [-0.15, -0.1) is 0 Å². The molecular formula is C29H59NO2. The maximum Gasteiger partial charge on any atom is 0.323 e. The lowest BCUT2D eigenvalue weighted by molar-refractivity contribution is -0.152. The lowest BCUT2D eigenvalue weighted by Crippen LogP contribution is -2.39. The van der Waals surface area contributed by atoms with Crippen LogP contribution < -0.4 is 5.73 Å². The summed E-state index contributed by atoms with van der Waals surface area (Å²) in [6, 6.07) is -0.492. The van der Waals surface area contributed by atoms with E-state index in [-0.39, 0.29) is 18.0 Å². The van der Waals surface area contributed by atoms with Crippen molar-refractivity contribution in [1.29, 1.82) is 0 Å². The number of hydrogen-bond donors (Lipinski definition) is 1. The van der Waals surface area contributed by atoms with Gasteiger partial charge in [-0.2, -0.15) is 0 Å². The van der Waals surface area contributed by atoms with Crippen LogP contribution in [0.25, 0.3) is 0 Å². The summed E-state index contributed by atoms with van der Waals surface area (Å²) in [5, 5.41) is 0. The largest absolute Gasteiger partial charge is 0.461 e. The molecule has 0 aromatic rings. The summed E-state index contributed by atoms with van der Waals surface area (Å²) in [6.07, 6.45) is 27.4. The molecule has 0 saturated carbocycles. The molecule has 0 aromatic heterocycles. The van der Waals surface area contributed by atoms with Crippen LogP contribution in [-0.2, 0) is 9.53 Å². The van der Waals surface area contributed by atoms with Gasteiger partial charge in [-0.1, -0.05) is 137 Å². The second-order valence-electron chi connectivity index (χ2n) is 10.4. The van der Waals surface area contributed by atoms with Crippen LogP contribution in [0.3, 0.4) is 0 Å². The van der Waals surface area contributed by atoms with E-state index in [1.807, 2.05) is 13.8 Å². The monoisotopic (exact) mass is 453 g/mol. The summed E-state index contributed by atoms with van der Waals surface area (Å²) < 4.78 is 5.86. The van der Waals surface area contributed by atoms with E-state index in [0.29, 0.717) is 0 Å². The molecule has 0 radical (unpaired) electrons. The Morgan fingerprint density at radius 3 is 1.22 bits per heavy atom. The number of esters is 1. The lowest BCUT2D eigenvalue weighted by Gasteiger charge is -2.22. The molecule has 0 aromatic carbocycles. The topological polar surface area (TPSA) is 52.3 Å². The van der Waals surface area contributed by atoms with Gasteiger partial charge in [0.25, 0.3) is 0 Å². The molecule has 2 atom stereocenters. The molecule has 0 amide bonds. The normalized spacial score (nSPS) is 13.4. The fourth-order valence-electron chi connectivity index (χ4n) is 4.32. The maximum atomic E-state index is 12.4. The van der Waals surface area contributed by atoms with Crippen LogP contribution in [0, 0.1) is 5.92 Å². The third kappa shape index (κ3) is 20.1. The van der Waals surface area contributed by atoms with Gasteiger partial charge < -0.3 is 10.5 Å². The standard InChI is InChI=1S/C29H59NO2/c1-5-7-9-11-13-15-16-17-19-21-23-25-27(32-29(31)28(30)26(3)4)24-22-20-18-14-12-10-8-6-2/h26-28H,5-25,30H2,1-4H3/t27?,28-/m0/s1. The quantitative estimate of drug-likeness (QED) is 0.117. The summed E-state index contributed by atoms with van der Waals surface area (Å²) >= 11 is 0. The highest BCUT2D eigenvalue weighted by molar-refractivity contribution is 5.75. The Bertz CT molecular complexity index is 397. The number of nitrogens with two attached hydrogens (primary N) is 1. The number of carbonyl (C=O) groups is 1. The molecule has 1 unspecified atom stereocenters. The van der Waals surface area contributed by atoms with Crippen molar-refractivity contribution in [1.82, 2.24) is 0 Å². The molecular weight excluding hydrogens is 394 g/mol. The first kappa shape index (κ1) is 31.4. The van der Waals surface area contributed by atoms with Gasteiger partial charge >= 0.3 is 5.97 Å². The first-order valence-electron chi connectivity index (χ1n) is 14.5. The smallest absolute Gasteiger partial charge is 0.323 e. The van der Waals surface area contributed by atoms with Crippen LogP contribution >= 0.6 is 0 Å². The van der Waals surface area contributed by atoms with Crippen LogP contribution in [0.5, 0.6) is 0 Å². The predicted molar refractivity (Wildman–Crippen MR) is 141 cm³/mol. The summed E-state index contributed by atoms with van der Waals surface area (Å²) in [6.45, 7) is 8.52. The minimum Gasteiger partial charge on any atom is -0.461 e. The van der Waals surface area contributed by atoms with Gasteiger partial charge in [0.1, 0.15) is 12.1 Å². The van der Waals surface area contributed by atoms with Crippen LogP contribution in [0.1, 0.15) is 163 Å². The molecule has 0 heterocycles. The summed E-state index contributed by atoms with van der Waals surface area (Å²) in [5.74, 6) is -0.0686. The molecule has 192 valence electrons. The van der Waals surface area contributed by atoms with Crippen molar-refractivity contribution in [3.05, 3.63) is 0 Å². The van der Waals surface area contributed by atoms with Crippen molar-refractivity contribution in [3.8, 4) is 0 Å². The minimum absolute atomic E-state index is 0.0611. The lowest BCUT2D eigenvalue weighted by atomic mass is 10.0. The van der Waals surface area contributed by atoms with Gasteiger partial charge in [-0.3, -0.25) is 4.79 Å². The molecule has 0 aliphatic carbocycles. The second-order valence-corrected chi connectivity index (χ2v) is 10.4. The predicted octanol–water partition coefficient (Wildman–Crippen LogP) is 9.11. The summed E-state index contributed by atoms with van der Waals surface area (Å²) in [5.41, 5.74) is 6.03. The number of unbranched alkanes of at least 4 members (excludes halogenated alkanes) is 17. The van der Waals surface area contributed by atoms with Crippen LogP contribution in [0.15, 0.2) is 0 Å². The average molecular weight is 454 g/mol. The minimum atomic E-state index is -0.492. The van der Waals surface area contributed by atoms with Crippen molar-refractivity contribution in [2.45, 2.75) is 175 Å². The van der Waals surface area contributed by atoms with E-state index in [9.17, 15) is 4.79 Å². The van der Waals surface area contributed by atoms with Crippen LogP contribution in [0.4, 0.5) is 0 Å². The van der Waals surface area contributed by atoms with Crippen molar-refractivity contribution in [2.24, 2.45) is 11.7 Å². The molecule has 0 rings (SSSR count). The Balaban J connectivity index is 4.00. The van der Waals surface area contributed by atoms with Gasteiger partial charge in [-0.05, 0) is 31.6 Å². The maximum absolute atomic E-state index is 12.4. The molecule has 0 fully saturated rings. The average Bonchev–Trinajstić information content (AvgIpc) is 2.78. The first-order chi connectivity index (χ1) is 15.5. The van der Waals surface area contributed by atoms with Gasteiger partial charge in [0.2, 0.25) is 0 Å². The summed E-state index contributed by atoms with van der Waals surface area (Å²) in [7, 11) is 0. The third-order valence-corrected chi connectivity index (χ3v) is 6.78. The van der Waals surface area contributed by atoms with Crippen molar-refractivity contribution in [3.63, 3.8) is 0 Å². The second kappa shape index (κ2) is 23.6. The van der Waals surface area contributed by atoms with Crippen LogP contribution in [0.2, 0.25) is 0 Å². The van der Waals surface area contributed by atoms with E-state index in [0.717, 1.165) is 12.8 Å². The highest BCUT2D eigenvalue weighted by Crippen LogP contribution is 2.19.